The number of hydrogen-bond acceptors (Lipinski definition) is 2. The Morgan fingerprint density at radius 3 is 1.44 bits per heavy atom. The van der Waals surface area contributed by atoms with Gasteiger partial charge >= 0.3 is 0 Å². The zero-order valence-electron chi connectivity index (χ0n) is 15.7. The first kappa shape index (κ1) is 19.4. The predicted molar refractivity (Wildman–Crippen MR) is 105 cm³/mol. The Morgan fingerprint density at radius 1 is 0.640 bits per heavy atom. The third-order valence-corrected chi connectivity index (χ3v) is 4.82. The summed E-state index contributed by atoms with van der Waals surface area (Å²) in [5, 5.41) is 20.6. The highest BCUT2D eigenvalue weighted by atomic mass is 16.3. The minimum absolute atomic E-state index is 0.334. The van der Waals surface area contributed by atoms with Crippen molar-refractivity contribution in [2.75, 3.05) is 0 Å². The summed E-state index contributed by atoms with van der Waals surface area (Å²) in [5.41, 5.74) is 4.11. The molecule has 0 unspecified atom stereocenters. The lowest BCUT2D eigenvalue weighted by Crippen LogP contribution is -1.94. The number of benzene rings is 2. The average molecular weight is 341 g/mol. The molecule has 0 saturated heterocycles. The highest BCUT2D eigenvalue weighted by molar-refractivity contribution is 5.44. The van der Waals surface area contributed by atoms with Gasteiger partial charge < -0.3 is 10.2 Å². The largest absolute Gasteiger partial charge is 0.508 e. The zero-order valence-corrected chi connectivity index (χ0v) is 15.7. The fourth-order valence-corrected chi connectivity index (χ4v) is 3.19. The summed E-state index contributed by atoms with van der Waals surface area (Å²) in [6.45, 7) is 4.39. The van der Waals surface area contributed by atoms with Gasteiger partial charge in [0, 0.05) is 6.42 Å². The summed E-state index contributed by atoms with van der Waals surface area (Å²) in [6.07, 6.45) is 9.77. The second-order valence-corrected chi connectivity index (χ2v) is 7.02. The van der Waals surface area contributed by atoms with Crippen molar-refractivity contribution in [2.45, 2.75) is 71.6 Å². The van der Waals surface area contributed by atoms with E-state index in [4.69, 9.17) is 0 Å². The number of phenols is 2. The standard InChI is InChI=1S/C23H32O2/c1-3-5-7-9-18-11-13-20(22(24)15-18)17-21-14-12-19(16-23(21)25)10-8-6-4-2/h11-16,24-25H,3-10,17H2,1-2H3. The van der Waals surface area contributed by atoms with Gasteiger partial charge in [0.25, 0.3) is 0 Å². The number of unbranched alkanes of at least 4 members (excludes halogenated alkanes) is 4. The molecule has 0 fully saturated rings. The molecule has 2 aromatic rings. The first-order chi connectivity index (χ1) is 12.1. The summed E-state index contributed by atoms with van der Waals surface area (Å²) < 4.78 is 0. The maximum absolute atomic E-state index is 10.3. The SMILES string of the molecule is CCCCCc1ccc(Cc2ccc(CCCCC)cc2O)c(O)c1. The number of aryl methyl sites for hydroxylation is 2. The molecule has 25 heavy (non-hydrogen) atoms. The summed E-state index contributed by atoms with van der Waals surface area (Å²) in [5.74, 6) is 0.667. The van der Waals surface area contributed by atoms with E-state index in [-0.39, 0.29) is 0 Å². The first-order valence-electron chi connectivity index (χ1n) is 9.75. The topological polar surface area (TPSA) is 40.5 Å². The summed E-state index contributed by atoms with van der Waals surface area (Å²) in [7, 11) is 0. The third kappa shape index (κ3) is 6.12. The molecule has 0 heterocycles. The van der Waals surface area contributed by atoms with Crippen LogP contribution in [0.4, 0.5) is 0 Å². The molecule has 0 aliphatic rings. The highest BCUT2D eigenvalue weighted by Crippen LogP contribution is 2.28. The van der Waals surface area contributed by atoms with E-state index >= 15 is 0 Å². The van der Waals surface area contributed by atoms with E-state index in [1.54, 1.807) is 0 Å². The van der Waals surface area contributed by atoms with Gasteiger partial charge in [-0.15, -0.1) is 0 Å². The van der Waals surface area contributed by atoms with Crippen LogP contribution >= 0.6 is 0 Å². The second-order valence-electron chi connectivity index (χ2n) is 7.02. The van der Waals surface area contributed by atoms with Gasteiger partial charge in [0.15, 0.2) is 0 Å². The Kier molecular flexibility index (Phi) is 7.84. The van der Waals surface area contributed by atoms with E-state index in [9.17, 15) is 10.2 Å². The summed E-state index contributed by atoms with van der Waals surface area (Å²) in [6, 6.07) is 11.9. The van der Waals surface area contributed by atoms with Crippen LogP contribution in [0.3, 0.4) is 0 Å². The number of hydrogen-bond donors (Lipinski definition) is 2. The molecule has 2 aromatic carbocycles. The molecule has 0 radical (unpaired) electrons. The van der Waals surface area contributed by atoms with Crippen LogP contribution in [0.1, 0.15) is 74.6 Å². The van der Waals surface area contributed by atoms with Crippen LogP contribution < -0.4 is 0 Å². The van der Waals surface area contributed by atoms with E-state index in [2.05, 4.69) is 26.0 Å². The van der Waals surface area contributed by atoms with Crippen LogP contribution in [-0.4, -0.2) is 10.2 Å². The van der Waals surface area contributed by atoms with Gasteiger partial charge in [-0.05, 0) is 60.1 Å². The van der Waals surface area contributed by atoms with Crippen molar-refractivity contribution < 1.29 is 10.2 Å². The van der Waals surface area contributed by atoms with Gasteiger partial charge in [-0.3, -0.25) is 0 Å². The molecule has 0 bridgehead atoms. The summed E-state index contributed by atoms with van der Waals surface area (Å²) in [4.78, 5) is 0. The van der Waals surface area contributed by atoms with Crippen LogP contribution in [0.2, 0.25) is 0 Å². The van der Waals surface area contributed by atoms with Crippen LogP contribution in [0.5, 0.6) is 11.5 Å². The van der Waals surface area contributed by atoms with Gasteiger partial charge in [0.05, 0.1) is 0 Å². The number of rotatable bonds is 10. The Labute approximate surface area is 152 Å². The quantitative estimate of drug-likeness (QED) is 0.509. The Hall–Kier alpha value is -1.96. The molecule has 0 aliphatic heterocycles. The van der Waals surface area contributed by atoms with Crippen molar-refractivity contribution in [2.24, 2.45) is 0 Å². The van der Waals surface area contributed by atoms with E-state index in [0.717, 1.165) is 36.8 Å². The molecule has 136 valence electrons. The highest BCUT2D eigenvalue weighted by Gasteiger charge is 2.08. The van der Waals surface area contributed by atoms with Crippen molar-refractivity contribution in [1.82, 2.24) is 0 Å². The molecule has 0 saturated carbocycles. The maximum Gasteiger partial charge on any atom is 0.119 e. The normalized spacial score (nSPS) is 11.0. The predicted octanol–water partition coefficient (Wildman–Crippen LogP) is 6.15. The van der Waals surface area contributed by atoms with Crippen molar-refractivity contribution >= 4 is 0 Å². The van der Waals surface area contributed by atoms with E-state index < -0.39 is 0 Å². The number of phenolic OH excluding ortho intramolecular Hbond substituents is 2. The molecule has 0 aliphatic carbocycles. The Morgan fingerprint density at radius 2 is 1.08 bits per heavy atom. The molecular formula is C23H32O2. The second kappa shape index (κ2) is 10.1. The zero-order chi connectivity index (χ0) is 18.1. The fraction of sp³-hybridized carbons (Fsp3) is 0.478. The monoisotopic (exact) mass is 340 g/mol. The lowest BCUT2D eigenvalue weighted by atomic mass is 9.98. The molecule has 0 amide bonds. The third-order valence-electron chi connectivity index (χ3n) is 4.82. The Balaban J connectivity index is 2.01. The van der Waals surface area contributed by atoms with Crippen LogP contribution in [0.25, 0.3) is 0 Å². The fourth-order valence-electron chi connectivity index (χ4n) is 3.19. The minimum atomic E-state index is 0.334. The Bertz CT molecular complexity index is 604. The molecule has 0 atom stereocenters. The van der Waals surface area contributed by atoms with Gasteiger partial charge in [-0.25, -0.2) is 0 Å². The molecule has 2 N–H and O–H groups in total. The van der Waals surface area contributed by atoms with Gasteiger partial charge in [-0.1, -0.05) is 63.8 Å². The van der Waals surface area contributed by atoms with Gasteiger partial charge in [0.2, 0.25) is 0 Å². The van der Waals surface area contributed by atoms with E-state index in [1.165, 1.54) is 36.8 Å². The van der Waals surface area contributed by atoms with Crippen molar-refractivity contribution in [1.29, 1.82) is 0 Å². The average Bonchev–Trinajstić information content (AvgIpc) is 2.59. The maximum atomic E-state index is 10.3. The van der Waals surface area contributed by atoms with Crippen LogP contribution in [0.15, 0.2) is 36.4 Å². The minimum Gasteiger partial charge on any atom is -0.508 e. The molecular weight excluding hydrogens is 308 g/mol. The molecule has 2 heteroatoms. The molecule has 2 nitrogen and oxygen atoms in total. The van der Waals surface area contributed by atoms with E-state index in [0.29, 0.717) is 17.9 Å². The molecule has 2 rings (SSSR count). The first-order valence-corrected chi connectivity index (χ1v) is 9.75. The van der Waals surface area contributed by atoms with Crippen molar-refractivity contribution in [3.63, 3.8) is 0 Å². The lowest BCUT2D eigenvalue weighted by Gasteiger charge is -2.10. The van der Waals surface area contributed by atoms with Crippen molar-refractivity contribution in [3.05, 3.63) is 58.7 Å². The van der Waals surface area contributed by atoms with E-state index in [1.807, 2.05) is 24.3 Å². The van der Waals surface area contributed by atoms with Gasteiger partial charge in [0.1, 0.15) is 11.5 Å². The van der Waals surface area contributed by atoms with Crippen molar-refractivity contribution in [3.8, 4) is 11.5 Å². The molecule has 0 spiro atoms. The molecule has 0 aromatic heterocycles. The lowest BCUT2D eigenvalue weighted by molar-refractivity contribution is 0.462. The smallest absolute Gasteiger partial charge is 0.119 e. The number of aromatic hydroxyl groups is 2. The van der Waals surface area contributed by atoms with Crippen LogP contribution in [0, 0.1) is 0 Å². The van der Waals surface area contributed by atoms with Crippen LogP contribution in [-0.2, 0) is 19.3 Å². The summed E-state index contributed by atoms with van der Waals surface area (Å²) >= 11 is 0. The van der Waals surface area contributed by atoms with Gasteiger partial charge in [-0.2, -0.15) is 0 Å².